The smallest absolute Gasteiger partial charge is 0.330 e. The second-order valence-electron chi connectivity index (χ2n) is 10.3. The van der Waals surface area contributed by atoms with E-state index in [0.717, 1.165) is 25.7 Å². The van der Waals surface area contributed by atoms with Gasteiger partial charge in [0.1, 0.15) is 6.04 Å². The van der Waals surface area contributed by atoms with Crippen LogP contribution >= 0.6 is 0 Å². The minimum Gasteiger partial charge on any atom is -0.397 e. The minimum atomic E-state index is -1.10. The summed E-state index contributed by atoms with van der Waals surface area (Å²) in [7, 11) is 0. The van der Waals surface area contributed by atoms with Gasteiger partial charge in [0.2, 0.25) is 0 Å². The number of nitrogens with two attached hydrogens (primary N) is 1. The summed E-state index contributed by atoms with van der Waals surface area (Å²) >= 11 is 0. The first kappa shape index (κ1) is 39.3. The number of unbranched alkanes of at least 4 members (excludes halogenated alkanes) is 16. The van der Waals surface area contributed by atoms with Gasteiger partial charge in [-0.25, -0.2) is 4.79 Å². The lowest BCUT2D eigenvalue weighted by atomic mass is 10.1. The van der Waals surface area contributed by atoms with E-state index in [9.17, 15) is 19.2 Å². The Morgan fingerprint density at radius 1 is 0.538 bits per heavy atom. The van der Waals surface area contributed by atoms with E-state index in [0.29, 0.717) is 12.8 Å². The summed E-state index contributed by atoms with van der Waals surface area (Å²) in [5.41, 5.74) is 5.73. The van der Waals surface area contributed by atoms with Crippen molar-refractivity contribution < 1.29 is 33.8 Å². The van der Waals surface area contributed by atoms with E-state index in [2.05, 4.69) is 13.8 Å². The highest BCUT2D eigenvalue weighted by Gasteiger charge is 2.21. The zero-order chi connectivity index (χ0) is 29.6. The first-order valence-corrected chi connectivity index (χ1v) is 15.7. The number of esters is 4. The number of aliphatic hydroxyl groups is 1. The van der Waals surface area contributed by atoms with Crippen molar-refractivity contribution >= 4 is 23.9 Å². The molecule has 8 nitrogen and oxygen atoms in total. The van der Waals surface area contributed by atoms with Gasteiger partial charge < -0.3 is 20.3 Å². The van der Waals surface area contributed by atoms with Crippen LogP contribution in [0.5, 0.6) is 0 Å². The summed E-state index contributed by atoms with van der Waals surface area (Å²) in [4.78, 5) is 47.4. The highest BCUT2D eigenvalue weighted by Crippen LogP contribution is 2.12. The van der Waals surface area contributed by atoms with Crippen molar-refractivity contribution in [1.82, 2.24) is 0 Å². The fourth-order valence-corrected chi connectivity index (χ4v) is 4.02. The molecule has 0 heterocycles. The molecular weight excluding hydrogens is 498 g/mol. The summed E-state index contributed by atoms with van der Waals surface area (Å²) in [6.07, 6.45) is 20.6. The minimum absolute atomic E-state index is 0.0334. The van der Waals surface area contributed by atoms with Gasteiger partial charge in [-0.1, -0.05) is 117 Å². The van der Waals surface area contributed by atoms with Gasteiger partial charge in [0.05, 0.1) is 0 Å². The molecular formula is C31H59NO7. The maximum Gasteiger partial charge on any atom is 0.330 e. The molecule has 8 heteroatoms. The van der Waals surface area contributed by atoms with E-state index in [4.69, 9.17) is 20.3 Å². The maximum atomic E-state index is 12.0. The molecule has 0 radical (unpaired) electrons. The number of aliphatic hydroxyl groups excluding tert-OH is 1. The van der Waals surface area contributed by atoms with Crippen LogP contribution in [0.2, 0.25) is 0 Å². The van der Waals surface area contributed by atoms with Crippen LogP contribution in [0.3, 0.4) is 0 Å². The van der Waals surface area contributed by atoms with Crippen LogP contribution in [0.25, 0.3) is 0 Å². The predicted octanol–water partition coefficient (Wildman–Crippen LogP) is 7.07. The molecule has 0 bridgehead atoms. The van der Waals surface area contributed by atoms with Crippen molar-refractivity contribution in [3.63, 3.8) is 0 Å². The lowest BCUT2D eigenvalue weighted by Gasteiger charge is -2.10. The van der Waals surface area contributed by atoms with Crippen LogP contribution in [-0.2, 0) is 28.7 Å². The fraction of sp³-hybridized carbons (Fsp3) is 0.871. The Hall–Kier alpha value is -1.80. The molecule has 0 aromatic heterocycles. The van der Waals surface area contributed by atoms with Gasteiger partial charge in [-0.2, -0.15) is 0 Å². The number of ether oxygens (including phenoxy) is 2. The third-order valence-electron chi connectivity index (χ3n) is 6.37. The van der Waals surface area contributed by atoms with E-state index in [-0.39, 0.29) is 32.3 Å². The molecule has 0 rings (SSSR count). The largest absolute Gasteiger partial charge is 0.397 e. The average molecular weight is 558 g/mol. The van der Waals surface area contributed by atoms with Gasteiger partial charge in [-0.15, -0.1) is 0 Å². The quantitative estimate of drug-likeness (QED) is 0.0731. The van der Waals surface area contributed by atoms with Gasteiger partial charge in [0, 0.05) is 25.9 Å². The molecule has 0 spiro atoms. The second kappa shape index (κ2) is 30.7. The lowest BCUT2D eigenvalue weighted by Crippen LogP contribution is -2.34. The van der Waals surface area contributed by atoms with Crippen molar-refractivity contribution in [2.24, 2.45) is 5.73 Å². The normalized spacial score (nSPS) is 11.3. The van der Waals surface area contributed by atoms with E-state index < -0.39 is 29.9 Å². The monoisotopic (exact) mass is 557 g/mol. The summed E-state index contributed by atoms with van der Waals surface area (Å²) in [6, 6.07) is -1.10. The molecule has 1 atom stereocenters. The molecule has 0 unspecified atom stereocenters. The molecule has 0 aliphatic heterocycles. The Bertz CT molecular complexity index is 610. The molecule has 0 fully saturated rings. The molecule has 0 amide bonds. The Labute approximate surface area is 238 Å². The number of carbonyl (C=O) groups excluding carboxylic acids is 4. The summed E-state index contributed by atoms with van der Waals surface area (Å²) < 4.78 is 9.58. The highest BCUT2D eigenvalue weighted by atomic mass is 16.6. The summed E-state index contributed by atoms with van der Waals surface area (Å²) in [5, 5.41) is 7.57. The zero-order valence-corrected chi connectivity index (χ0v) is 25.3. The van der Waals surface area contributed by atoms with Crippen LogP contribution in [0.15, 0.2) is 0 Å². The molecule has 0 saturated heterocycles. The summed E-state index contributed by atoms with van der Waals surface area (Å²) in [6.45, 7) is 6.34. The van der Waals surface area contributed by atoms with Gasteiger partial charge >= 0.3 is 23.9 Å². The van der Waals surface area contributed by atoms with Crippen molar-refractivity contribution in [2.75, 3.05) is 6.61 Å². The van der Waals surface area contributed by atoms with Crippen LogP contribution < -0.4 is 5.73 Å². The van der Waals surface area contributed by atoms with E-state index in [1.807, 2.05) is 0 Å². The Balaban J connectivity index is 0. The van der Waals surface area contributed by atoms with Crippen molar-refractivity contribution in [3.8, 4) is 0 Å². The number of carbonyl (C=O) groups is 4. The maximum absolute atomic E-state index is 12.0. The Morgan fingerprint density at radius 3 is 1.23 bits per heavy atom. The van der Waals surface area contributed by atoms with Gasteiger partial charge in [-0.3, -0.25) is 14.4 Å². The molecule has 0 aliphatic carbocycles. The Kier molecular flexibility index (Phi) is 31.0. The SMILES string of the molecule is CCCCCCCCCCCC(=O)OC(=O)CC[C@H](N)C(=O)OC(=O)CCCCCCCCCCC.CCO. The lowest BCUT2D eigenvalue weighted by molar-refractivity contribution is -0.160. The molecule has 0 aliphatic rings. The zero-order valence-electron chi connectivity index (χ0n) is 25.3. The number of hydrogen-bond acceptors (Lipinski definition) is 8. The fourth-order valence-electron chi connectivity index (χ4n) is 4.02. The molecule has 0 aromatic rings. The topological polar surface area (TPSA) is 133 Å². The van der Waals surface area contributed by atoms with Crippen molar-refractivity contribution in [3.05, 3.63) is 0 Å². The molecule has 0 saturated carbocycles. The van der Waals surface area contributed by atoms with Gasteiger partial charge in [-0.05, 0) is 26.2 Å². The first-order chi connectivity index (χ1) is 18.8. The number of hydrogen-bond donors (Lipinski definition) is 2. The van der Waals surface area contributed by atoms with Crippen LogP contribution in [0.4, 0.5) is 0 Å². The standard InChI is InChI=1S/C29H53NO6.C2H6O/c1-3-5-7-9-11-13-15-17-19-21-26(31)35-28(33)24-23-25(30)29(34)36-27(32)22-20-18-16-14-12-10-8-6-4-2;1-2-3/h25H,3-24,30H2,1-2H3;3H,2H2,1H3/t25-;/m0./s1. The molecule has 0 aromatic carbocycles. The van der Waals surface area contributed by atoms with Crippen molar-refractivity contribution in [1.29, 1.82) is 0 Å². The average Bonchev–Trinajstić information content (AvgIpc) is 2.90. The second-order valence-corrected chi connectivity index (χ2v) is 10.3. The van der Waals surface area contributed by atoms with E-state index in [1.165, 1.54) is 77.0 Å². The highest BCUT2D eigenvalue weighted by molar-refractivity contribution is 5.89. The number of rotatable bonds is 24. The molecule has 230 valence electrons. The van der Waals surface area contributed by atoms with Gasteiger partial charge in [0.15, 0.2) is 0 Å². The third-order valence-corrected chi connectivity index (χ3v) is 6.37. The molecule has 39 heavy (non-hydrogen) atoms. The van der Waals surface area contributed by atoms with Gasteiger partial charge in [0.25, 0.3) is 0 Å². The Morgan fingerprint density at radius 2 is 0.846 bits per heavy atom. The van der Waals surface area contributed by atoms with Crippen LogP contribution in [0.1, 0.15) is 162 Å². The van der Waals surface area contributed by atoms with Crippen LogP contribution in [0, 0.1) is 0 Å². The van der Waals surface area contributed by atoms with Crippen LogP contribution in [-0.4, -0.2) is 41.6 Å². The predicted molar refractivity (Wildman–Crippen MR) is 156 cm³/mol. The summed E-state index contributed by atoms with van der Waals surface area (Å²) in [5.74, 6) is -2.68. The molecule has 3 N–H and O–H groups in total. The third kappa shape index (κ3) is 30.6. The van der Waals surface area contributed by atoms with E-state index in [1.54, 1.807) is 6.92 Å². The van der Waals surface area contributed by atoms with Crippen molar-refractivity contribution in [2.45, 2.75) is 168 Å². The first-order valence-electron chi connectivity index (χ1n) is 15.7. The van der Waals surface area contributed by atoms with E-state index >= 15 is 0 Å².